The summed E-state index contributed by atoms with van der Waals surface area (Å²) in [6.45, 7) is 10.9. The maximum absolute atomic E-state index is 5.89. The summed E-state index contributed by atoms with van der Waals surface area (Å²) in [4.78, 5) is 3.60. The molecule has 1 aromatic carbocycles. The molecule has 2 aliphatic heterocycles. The number of ether oxygens (including phenoxy) is 1. The fraction of sp³-hybridized carbons (Fsp3) is 0.684. The molecule has 2 aliphatic rings. The van der Waals surface area contributed by atoms with E-state index in [2.05, 4.69) is 44.2 Å². The van der Waals surface area contributed by atoms with Gasteiger partial charge in [0.05, 0.1) is 25.7 Å². The Morgan fingerprint density at radius 2 is 1.64 bits per heavy atom. The van der Waals surface area contributed by atoms with Gasteiger partial charge in [-0.3, -0.25) is 0 Å². The minimum absolute atomic E-state index is 0.433. The van der Waals surface area contributed by atoms with Crippen LogP contribution in [0.3, 0.4) is 0 Å². The van der Waals surface area contributed by atoms with Crippen LogP contribution >= 0.6 is 0 Å². The molecule has 1 aromatic rings. The van der Waals surface area contributed by atoms with Crippen molar-refractivity contribution < 1.29 is 14.5 Å². The number of likely N-dealkylation sites (tertiary alicyclic amines) is 1. The van der Waals surface area contributed by atoms with E-state index in [-0.39, 0.29) is 0 Å². The molecule has 0 radical (unpaired) electrons. The van der Waals surface area contributed by atoms with Gasteiger partial charge in [0, 0.05) is 19.3 Å². The van der Waals surface area contributed by atoms with Crippen molar-refractivity contribution in [3.63, 3.8) is 0 Å². The van der Waals surface area contributed by atoms with Gasteiger partial charge < -0.3 is 14.5 Å². The summed E-state index contributed by atoms with van der Waals surface area (Å²) in [5.41, 5.74) is 1.48. The van der Waals surface area contributed by atoms with Gasteiger partial charge in [-0.15, -0.1) is 0 Å². The van der Waals surface area contributed by atoms with E-state index in [0.717, 1.165) is 6.04 Å². The lowest BCUT2D eigenvalue weighted by Crippen LogP contribution is -3.22. The van der Waals surface area contributed by atoms with E-state index in [1.165, 1.54) is 57.5 Å². The number of nitrogens with one attached hydrogen (secondary N) is 2. The molecule has 2 heterocycles. The van der Waals surface area contributed by atoms with Crippen molar-refractivity contribution >= 4 is 0 Å². The number of morpholine rings is 1. The minimum atomic E-state index is 0.433. The van der Waals surface area contributed by atoms with E-state index < -0.39 is 0 Å². The van der Waals surface area contributed by atoms with E-state index in [1.807, 2.05) is 0 Å². The molecule has 0 spiro atoms. The Kier molecular flexibility index (Phi) is 5.51. The Bertz CT molecular complexity index is 432. The molecule has 0 saturated carbocycles. The highest BCUT2D eigenvalue weighted by molar-refractivity contribution is 5.14. The van der Waals surface area contributed by atoms with Crippen molar-refractivity contribution in [3.8, 4) is 0 Å². The summed E-state index contributed by atoms with van der Waals surface area (Å²) in [5, 5.41) is 0. The van der Waals surface area contributed by atoms with Crippen LogP contribution < -0.4 is 9.80 Å². The van der Waals surface area contributed by atoms with Crippen LogP contribution in [0, 0.1) is 0 Å². The Morgan fingerprint density at radius 3 is 2.27 bits per heavy atom. The largest absolute Gasteiger partial charge is 0.364 e. The van der Waals surface area contributed by atoms with Gasteiger partial charge in [0.2, 0.25) is 0 Å². The smallest absolute Gasteiger partial charge is 0.104 e. The standard InChI is InChI=1S/C19H30N2O/c1-16-14-21(15-17(2)22-16)19-9-12-20(13-10-19)11-8-18-6-4-3-5-7-18/h3-7,16-17,19H,8-15H2,1-2H3/p+2/t16-,17-/m0/s1. The number of benzene rings is 1. The van der Waals surface area contributed by atoms with Crippen LogP contribution in [0.4, 0.5) is 0 Å². The molecular weight excluding hydrogens is 272 g/mol. The van der Waals surface area contributed by atoms with Crippen molar-refractivity contribution in [2.75, 3.05) is 32.7 Å². The zero-order chi connectivity index (χ0) is 15.4. The topological polar surface area (TPSA) is 18.1 Å². The van der Waals surface area contributed by atoms with Crippen LogP contribution in [0.2, 0.25) is 0 Å². The van der Waals surface area contributed by atoms with E-state index in [1.54, 1.807) is 9.80 Å². The first-order chi connectivity index (χ1) is 10.7. The van der Waals surface area contributed by atoms with Crippen LogP contribution in [0.1, 0.15) is 32.3 Å². The maximum atomic E-state index is 5.89. The zero-order valence-corrected chi connectivity index (χ0v) is 14.2. The van der Waals surface area contributed by atoms with Gasteiger partial charge in [-0.05, 0) is 19.4 Å². The van der Waals surface area contributed by atoms with E-state index in [0.29, 0.717) is 12.2 Å². The lowest BCUT2D eigenvalue weighted by Gasteiger charge is -2.39. The molecule has 0 amide bonds. The number of hydrogen-bond donors (Lipinski definition) is 2. The molecule has 3 rings (SSSR count). The molecule has 0 aromatic heterocycles. The third kappa shape index (κ3) is 4.31. The SMILES string of the molecule is C[C@H]1C[NH+](C2CC[NH+](CCc3ccccc3)CC2)C[C@H](C)O1. The van der Waals surface area contributed by atoms with Gasteiger partial charge in [-0.2, -0.15) is 0 Å². The predicted octanol–water partition coefficient (Wildman–Crippen LogP) is -0.0315. The Balaban J connectivity index is 1.42. The molecule has 2 atom stereocenters. The zero-order valence-electron chi connectivity index (χ0n) is 14.2. The molecule has 2 saturated heterocycles. The summed E-state index contributed by atoms with van der Waals surface area (Å²) in [5.74, 6) is 0. The van der Waals surface area contributed by atoms with Gasteiger partial charge in [-0.25, -0.2) is 0 Å². The van der Waals surface area contributed by atoms with Gasteiger partial charge in [0.25, 0.3) is 0 Å². The maximum Gasteiger partial charge on any atom is 0.104 e. The van der Waals surface area contributed by atoms with Gasteiger partial charge in [0.1, 0.15) is 25.3 Å². The lowest BCUT2D eigenvalue weighted by molar-refractivity contribution is -0.966. The molecular formula is C19H32N2O+2. The summed E-state index contributed by atoms with van der Waals surface area (Å²) in [7, 11) is 0. The Hall–Kier alpha value is -0.900. The first-order valence-corrected chi connectivity index (χ1v) is 9.08. The summed E-state index contributed by atoms with van der Waals surface area (Å²) in [6.07, 6.45) is 4.86. The first kappa shape index (κ1) is 16.0. The van der Waals surface area contributed by atoms with Gasteiger partial charge >= 0.3 is 0 Å². The van der Waals surface area contributed by atoms with Crippen LogP contribution in [-0.4, -0.2) is 51.0 Å². The third-order valence-electron chi connectivity index (χ3n) is 5.44. The van der Waals surface area contributed by atoms with Crippen molar-refractivity contribution in [2.45, 2.75) is 51.4 Å². The Labute approximate surface area is 135 Å². The fourth-order valence-electron chi connectivity index (χ4n) is 4.30. The highest BCUT2D eigenvalue weighted by Gasteiger charge is 2.34. The van der Waals surface area contributed by atoms with Crippen molar-refractivity contribution in [1.29, 1.82) is 0 Å². The highest BCUT2D eigenvalue weighted by atomic mass is 16.5. The van der Waals surface area contributed by atoms with Crippen molar-refractivity contribution in [2.24, 2.45) is 0 Å². The molecule has 0 aliphatic carbocycles. The second-order valence-corrected chi connectivity index (χ2v) is 7.33. The van der Waals surface area contributed by atoms with Crippen LogP contribution in [-0.2, 0) is 11.2 Å². The summed E-state index contributed by atoms with van der Waals surface area (Å²) >= 11 is 0. The second kappa shape index (κ2) is 7.58. The van der Waals surface area contributed by atoms with Crippen LogP contribution in [0.25, 0.3) is 0 Å². The number of quaternary nitrogens is 2. The first-order valence-electron chi connectivity index (χ1n) is 9.08. The number of rotatable bonds is 4. The molecule has 3 nitrogen and oxygen atoms in total. The molecule has 0 bridgehead atoms. The van der Waals surface area contributed by atoms with E-state index in [4.69, 9.17) is 4.74 Å². The van der Waals surface area contributed by atoms with Crippen LogP contribution in [0.5, 0.6) is 0 Å². The van der Waals surface area contributed by atoms with E-state index >= 15 is 0 Å². The minimum Gasteiger partial charge on any atom is -0.364 e. The number of hydrogen-bond acceptors (Lipinski definition) is 1. The molecule has 0 unspecified atom stereocenters. The molecule has 122 valence electrons. The van der Waals surface area contributed by atoms with Gasteiger partial charge in [-0.1, -0.05) is 30.3 Å². The third-order valence-corrected chi connectivity index (χ3v) is 5.44. The normalized spacial score (nSPS) is 36.2. The quantitative estimate of drug-likeness (QED) is 0.799. The molecule has 2 fully saturated rings. The van der Waals surface area contributed by atoms with E-state index in [9.17, 15) is 0 Å². The molecule has 3 heteroatoms. The summed E-state index contributed by atoms with van der Waals surface area (Å²) < 4.78 is 5.89. The number of piperidine rings is 1. The fourth-order valence-corrected chi connectivity index (χ4v) is 4.30. The molecule has 22 heavy (non-hydrogen) atoms. The van der Waals surface area contributed by atoms with Crippen molar-refractivity contribution in [1.82, 2.24) is 0 Å². The van der Waals surface area contributed by atoms with Crippen LogP contribution in [0.15, 0.2) is 30.3 Å². The highest BCUT2D eigenvalue weighted by Crippen LogP contribution is 2.03. The monoisotopic (exact) mass is 304 g/mol. The van der Waals surface area contributed by atoms with Gasteiger partial charge in [0.15, 0.2) is 0 Å². The lowest BCUT2D eigenvalue weighted by atomic mass is 10.0. The second-order valence-electron chi connectivity index (χ2n) is 7.33. The predicted molar refractivity (Wildman–Crippen MR) is 89.4 cm³/mol. The Morgan fingerprint density at radius 1 is 1.00 bits per heavy atom. The molecule has 2 N–H and O–H groups in total. The summed E-state index contributed by atoms with van der Waals surface area (Å²) in [6, 6.07) is 11.8. The van der Waals surface area contributed by atoms with Crippen molar-refractivity contribution in [3.05, 3.63) is 35.9 Å². The average Bonchev–Trinajstić information content (AvgIpc) is 2.53. The average molecular weight is 304 g/mol.